The van der Waals surface area contributed by atoms with Gasteiger partial charge in [0.25, 0.3) is 5.91 Å². The molecule has 2 unspecified atom stereocenters. The molecule has 1 saturated heterocycles. The number of pyridine rings is 1. The first kappa shape index (κ1) is 16.4. The van der Waals surface area contributed by atoms with Gasteiger partial charge in [-0.2, -0.15) is 0 Å². The van der Waals surface area contributed by atoms with Gasteiger partial charge < -0.3 is 9.64 Å². The van der Waals surface area contributed by atoms with Crippen LogP contribution >= 0.6 is 0 Å². The quantitative estimate of drug-likeness (QED) is 0.861. The maximum atomic E-state index is 13.3. The van der Waals surface area contributed by atoms with Crippen molar-refractivity contribution in [2.24, 2.45) is 0 Å². The molecule has 1 fully saturated rings. The van der Waals surface area contributed by atoms with Crippen molar-refractivity contribution in [1.29, 1.82) is 0 Å². The minimum Gasteiger partial charge on any atom is -0.481 e. The fraction of sp³-hybridized carbons (Fsp3) is 0.333. The molecular formula is C18H18F2N2O2. The van der Waals surface area contributed by atoms with Gasteiger partial charge in [0, 0.05) is 25.0 Å². The Morgan fingerprint density at radius 1 is 1.25 bits per heavy atom. The second-order valence-corrected chi connectivity index (χ2v) is 5.81. The van der Waals surface area contributed by atoms with Crippen molar-refractivity contribution in [3.63, 3.8) is 0 Å². The third kappa shape index (κ3) is 3.37. The summed E-state index contributed by atoms with van der Waals surface area (Å²) in [5, 5.41) is 0. The summed E-state index contributed by atoms with van der Waals surface area (Å²) in [5.41, 5.74) is 1.04. The van der Waals surface area contributed by atoms with Crippen LogP contribution in [0.3, 0.4) is 0 Å². The van der Waals surface area contributed by atoms with Crippen LogP contribution in [-0.2, 0) is 4.79 Å². The van der Waals surface area contributed by atoms with Gasteiger partial charge in [-0.3, -0.25) is 9.78 Å². The molecule has 6 heteroatoms. The predicted molar refractivity (Wildman–Crippen MR) is 84.4 cm³/mol. The fourth-order valence-corrected chi connectivity index (χ4v) is 3.00. The molecule has 24 heavy (non-hydrogen) atoms. The first-order valence-electron chi connectivity index (χ1n) is 7.88. The topological polar surface area (TPSA) is 42.4 Å². The molecule has 1 amide bonds. The number of aromatic nitrogens is 1. The third-order valence-corrected chi connectivity index (χ3v) is 4.18. The van der Waals surface area contributed by atoms with Crippen molar-refractivity contribution in [3.8, 4) is 5.75 Å². The van der Waals surface area contributed by atoms with Crippen LogP contribution < -0.4 is 4.74 Å². The summed E-state index contributed by atoms with van der Waals surface area (Å²) in [4.78, 5) is 18.5. The lowest BCUT2D eigenvalue weighted by Gasteiger charge is -2.28. The van der Waals surface area contributed by atoms with Gasteiger partial charge in [-0.15, -0.1) is 0 Å². The Balaban J connectivity index is 1.71. The van der Waals surface area contributed by atoms with Crippen LogP contribution in [0.1, 0.15) is 31.4 Å². The van der Waals surface area contributed by atoms with E-state index in [1.54, 1.807) is 24.2 Å². The zero-order valence-corrected chi connectivity index (χ0v) is 13.3. The van der Waals surface area contributed by atoms with Gasteiger partial charge in [0.15, 0.2) is 17.7 Å². The van der Waals surface area contributed by atoms with Crippen LogP contribution in [0, 0.1) is 11.6 Å². The van der Waals surface area contributed by atoms with Crippen molar-refractivity contribution in [1.82, 2.24) is 9.88 Å². The van der Waals surface area contributed by atoms with Crippen LogP contribution in [-0.4, -0.2) is 28.4 Å². The molecule has 2 atom stereocenters. The maximum Gasteiger partial charge on any atom is 0.263 e. The highest BCUT2D eigenvalue weighted by molar-refractivity contribution is 5.81. The minimum atomic E-state index is -0.997. The lowest BCUT2D eigenvalue weighted by molar-refractivity contribution is -0.138. The number of nitrogens with zero attached hydrogens (tertiary/aromatic N) is 2. The molecule has 0 spiro atoms. The number of amides is 1. The van der Waals surface area contributed by atoms with Crippen LogP contribution in [0.15, 0.2) is 42.7 Å². The third-order valence-electron chi connectivity index (χ3n) is 4.18. The number of likely N-dealkylation sites (tertiary alicyclic amines) is 1. The van der Waals surface area contributed by atoms with Crippen molar-refractivity contribution < 1.29 is 18.3 Å². The Kier molecular flexibility index (Phi) is 4.74. The van der Waals surface area contributed by atoms with Crippen molar-refractivity contribution in [2.45, 2.75) is 31.9 Å². The van der Waals surface area contributed by atoms with Crippen molar-refractivity contribution in [3.05, 3.63) is 59.9 Å². The van der Waals surface area contributed by atoms with E-state index in [1.165, 1.54) is 6.07 Å². The smallest absolute Gasteiger partial charge is 0.263 e. The van der Waals surface area contributed by atoms with Gasteiger partial charge in [-0.05, 0) is 49.6 Å². The SMILES string of the molecule is CC(Oc1ccc(F)c(F)c1)C(=O)N1CCCC1c1ccncc1. The van der Waals surface area contributed by atoms with Gasteiger partial charge in [0.2, 0.25) is 0 Å². The summed E-state index contributed by atoms with van der Waals surface area (Å²) < 4.78 is 31.7. The van der Waals surface area contributed by atoms with E-state index in [0.29, 0.717) is 6.54 Å². The predicted octanol–water partition coefficient (Wildman–Crippen LogP) is 3.49. The van der Waals surface area contributed by atoms with Crippen LogP contribution in [0.4, 0.5) is 8.78 Å². The van der Waals surface area contributed by atoms with Crippen LogP contribution in [0.25, 0.3) is 0 Å². The Morgan fingerprint density at radius 2 is 2.00 bits per heavy atom. The molecule has 4 nitrogen and oxygen atoms in total. The number of rotatable bonds is 4. The van der Waals surface area contributed by atoms with Gasteiger partial charge in [0.1, 0.15) is 5.75 Å². The van der Waals surface area contributed by atoms with Gasteiger partial charge in [0.05, 0.1) is 6.04 Å². The number of hydrogen-bond donors (Lipinski definition) is 0. The summed E-state index contributed by atoms with van der Waals surface area (Å²) in [5.74, 6) is -1.98. The van der Waals surface area contributed by atoms with Crippen molar-refractivity contribution >= 4 is 5.91 Å². The number of benzene rings is 1. The van der Waals surface area contributed by atoms with E-state index >= 15 is 0 Å². The summed E-state index contributed by atoms with van der Waals surface area (Å²) in [6.07, 6.45) is 4.43. The fourth-order valence-electron chi connectivity index (χ4n) is 3.00. The number of carbonyl (C=O) groups is 1. The van der Waals surface area contributed by atoms with Gasteiger partial charge in [-0.1, -0.05) is 0 Å². The molecule has 1 aromatic carbocycles. The second kappa shape index (κ2) is 6.95. The van der Waals surface area contributed by atoms with Gasteiger partial charge >= 0.3 is 0 Å². The summed E-state index contributed by atoms with van der Waals surface area (Å²) in [6, 6.07) is 7.04. The molecule has 3 rings (SSSR count). The normalized spacial score (nSPS) is 18.5. The average Bonchev–Trinajstić information content (AvgIpc) is 3.08. The van der Waals surface area contributed by atoms with Crippen molar-refractivity contribution in [2.75, 3.05) is 6.54 Å². The van der Waals surface area contributed by atoms with E-state index in [4.69, 9.17) is 4.74 Å². The number of halogens is 2. The molecule has 0 bridgehead atoms. The maximum absolute atomic E-state index is 13.3. The Hall–Kier alpha value is -2.50. The molecule has 126 valence electrons. The highest BCUT2D eigenvalue weighted by Gasteiger charge is 2.33. The second-order valence-electron chi connectivity index (χ2n) is 5.81. The number of hydrogen-bond acceptors (Lipinski definition) is 3. The lowest BCUT2D eigenvalue weighted by atomic mass is 10.1. The molecular weight excluding hydrogens is 314 g/mol. The summed E-state index contributed by atoms with van der Waals surface area (Å²) in [7, 11) is 0. The van der Waals surface area contributed by atoms with E-state index in [9.17, 15) is 13.6 Å². The number of carbonyl (C=O) groups excluding carboxylic acids is 1. The lowest BCUT2D eigenvalue weighted by Crippen LogP contribution is -2.40. The molecule has 2 heterocycles. The molecule has 2 aromatic rings. The van der Waals surface area contributed by atoms with E-state index < -0.39 is 17.7 Å². The van der Waals surface area contributed by atoms with E-state index in [-0.39, 0.29) is 17.7 Å². The molecule has 0 radical (unpaired) electrons. The first-order chi connectivity index (χ1) is 11.6. The zero-order valence-electron chi connectivity index (χ0n) is 13.3. The monoisotopic (exact) mass is 332 g/mol. The van der Waals surface area contributed by atoms with Crippen LogP contribution in [0.2, 0.25) is 0 Å². The molecule has 1 aliphatic heterocycles. The average molecular weight is 332 g/mol. The Labute approximate surface area is 139 Å². The van der Waals surface area contributed by atoms with Gasteiger partial charge in [-0.25, -0.2) is 8.78 Å². The first-order valence-corrected chi connectivity index (χ1v) is 7.88. The van der Waals surface area contributed by atoms with E-state index in [1.807, 2.05) is 12.1 Å². The minimum absolute atomic E-state index is 0.00324. The standard InChI is InChI=1S/C18H18F2N2O2/c1-12(24-14-4-5-15(19)16(20)11-14)18(23)22-10-2-3-17(22)13-6-8-21-9-7-13/h4-9,11-12,17H,2-3,10H2,1H3. The summed E-state index contributed by atoms with van der Waals surface area (Å²) >= 11 is 0. The Morgan fingerprint density at radius 3 is 2.71 bits per heavy atom. The molecule has 1 aliphatic rings. The Bertz CT molecular complexity index is 724. The number of ether oxygens (including phenoxy) is 1. The highest BCUT2D eigenvalue weighted by Crippen LogP contribution is 2.32. The zero-order chi connectivity index (χ0) is 17.1. The molecule has 0 saturated carbocycles. The summed E-state index contributed by atoms with van der Waals surface area (Å²) in [6.45, 7) is 2.27. The largest absolute Gasteiger partial charge is 0.481 e. The van der Waals surface area contributed by atoms with Crippen LogP contribution in [0.5, 0.6) is 5.75 Å². The molecule has 1 aromatic heterocycles. The van der Waals surface area contributed by atoms with E-state index in [0.717, 1.165) is 30.5 Å². The van der Waals surface area contributed by atoms with E-state index in [2.05, 4.69) is 4.98 Å². The highest BCUT2D eigenvalue weighted by atomic mass is 19.2. The molecule has 0 aliphatic carbocycles. The molecule has 0 N–H and O–H groups in total.